The Labute approximate surface area is 117 Å². The van der Waals surface area contributed by atoms with E-state index in [2.05, 4.69) is 6.92 Å². The molecule has 0 radical (unpaired) electrons. The molecule has 0 bridgehead atoms. The Balaban J connectivity index is 2.08. The molecule has 5 heteroatoms. The third-order valence-electron chi connectivity index (χ3n) is 4.02. The fourth-order valence-corrected chi connectivity index (χ4v) is 2.84. The van der Waals surface area contributed by atoms with E-state index in [0.717, 1.165) is 25.0 Å². The van der Waals surface area contributed by atoms with Gasteiger partial charge in [-0.15, -0.1) is 0 Å². The molecule has 1 aromatic rings. The van der Waals surface area contributed by atoms with E-state index in [1.165, 1.54) is 6.07 Å². The Bertz CT molecular complexity index is 493. The van der Waals surface area contributed by atoms with Crippen molar-refractivity contribution in [3.8, 4) is 0 Å². The third-order valence-corrected chi connectivity index (χ3v) is 4.02. The lowest BCUT2D eigenvalue weighted by molar-refractivity contribution is -0.135. The average Bonchev–Trinajstić information content (AvgIpc) is 2.42. The molecule has 0 unspecified atom stereocenters. The van der Waals surface area contributed by atoms with Gasteiger partial charge >= 0.3 is 0 Å². The smallest absolute Gasteiger partial charge is 0.227 e. The van der Waals surface area contributed by atoms with Crippen LogP contribution < -0.4 is 5.73 Å². The number of rotatable bonds is 3. The van der Waals surface area contributed by atoms with Crippen LogP contribution in [0.1, 0.15) is 25.3 Å². The summed E-state index contributed by atoms with van der Waals surface area (Å²) >= 11 is 0. The standard InChI is InChI=1S/C15H20F2N2O/c1-10-3-2-6-19(14(10)9-18)15(20)8-11-4-5-12(16)13(17)7-11/h4-5,7,10,14H,2-3,6,8-9,18H2,1H3/t10-,14+/m1/s1. The first-order valence-electron chi connectivity index (χ1n) is 6.96. The predicted octanol–water partition coefficient (Wildman–Crippen LogP) is 2.09. The van der Waals surface area contributed by atoms with Crippen molar-refractivity contribution in [3.05, 3.63) is 35.4 Å². The van der Waals surface area contributed by atoms with Gasteiger partial charge in [0.2, 0.25) is 5.91 Å². The number of amides is 1. The van der Waals surface area contributed by atoms with Crippen LogP contribution in [0.5, 0.6) is 0 Å². The van der Waals surface area contributed by atoms with Crippen molar-refractivity contribution in [2.75, 3.05) is 13.1 Å². The number of hydrogen-bond donors (Lipinski definition) is 1. The van der Waals surface area contributed by atoms with Crippen molar-refractivity contribution in [1.82, 2.24) is 4.90 Å². The van der Waals surface area contributed by atoms with Gasteiger partial charge in [0.1, 0.15) is 0 Å². The molecule has 1 aromatic carbocycles. The molecule has 2 atom stereocenters. The third kappa shape index (κ3) is 3.15. The monoisotopic (exact) mass is 282 g/mol. The van der Waals surface area contributed by atoms with E-state index in [-0.39, 0.29) is 18.4 Å². The Morgan fingerprint density at radius 2 is 2.15 bits per heavy atom. The predicted molar refractivity (Wildman–Crippen MR) is 73.0 cm³/mol. The number of halogens is 2. The second kappa shape index (κ2) is 6.31. The number of carbonyl (C=O) groups excluding carboxylic acids is 1. The summed E-state index contributed by atoms with van der Waals surface area (Å²) in [5.41, 5.74) is 6.24. The molecule has 3 nitrogen and oxygen atoms in total. The van der Waals surface area contributed by atoms with Gasteiger partial charge in [-0.05, 0) is 36.5 Å². The summed E-state index contributed by atoms with van der Waals surface area (Å²) in [6.45, 7) is 3.22. The van der Waals surface area contributed by atoms with Crippen molar-refractivity contribution in [2.45, 2.75) is 32.2 Å². The fraction of sp³-hybridized carbons (Fsp3) is 0.533. The molecule has 2 rings (SSSR count). The molecule has 1 amide bonds. The maximum Gasteiger partial charge on any atom is 0.227 e. The van der Waals surface area contributed by atoms with Gasteiger partial charge in [-0.2, -0.15) is 0 Å². The number of nitrogens with two attached hydrogens (primary N) is 1. The highest BCUT2D eigenvalue weighted by Gasteiger charge is 2.30. The summed E-state index contributed by atoms with van der Waals surface area (Å²) in [4.78, 5) is 14.1. The number of benzene rings is 1. The Morgan fingerprint density at radius 1 is 1.40 bits per heavy atom. The van der Waals surface area contributed by atoms with Gasteiger partial charge in [0, 0.05) is 19.1 Å². The zero-order valence-corrected chi connectivity index (χ0v) is 11.6. The van der Waals surface area contributed by atoms with Crippen molar-refractivity contribution >= 4 is 5.91 Å². The summed E-state index contributed by atoms with van der Waals surface area (Å²) < 4.78 is 26.0. The van der Waals surface area contributed by atoms with Crippen LogP contribution in [0.4, 0.5) is 8.78 Å². The number of carbonyl (C=O) groups is 1. The lowest BCUT2D eigenvalue weighted by atomic mass is 9.90. The lowest BCUT2D eigenvalue weighted by Crippen LogP contribution is -2.51. The van der Waals surface area contributed by atoms with Gasteiger partial charge in [-0.1, -0.05) is 13.0 Å². The van der Waals surface area contributed by atoms with E-state index in [4.69, 9.17) is 5.73 Å². The summed E-state index contributed by atoms with van der Waals surface area (Å²) in [5.74, 6) is -1.51. The van der Waals surface area contributed by atoms with E-state index in [1.807, 2.05) is 0 Å². The van der Waals surface area contributed by atoms with Crippen LogP contribution in [-0.2, 0) is 11.2 Å². The number of likely N-dealkylation sites (tertiary alicyclic amines) is 1. The SMILES string of the molecule is C[C@@H]1CCCN(C(=O)Cc2ccc(F)c(F)c2)[C@H]1CN. The van der Waals surface area contributed by atoms with Gasteiger partial charge in [0.05, 0.1) is 6.42 Å². The van der Waals surface area contributed by atoms with Crippen LogP contribution in [0, 0.1) is 17.6 Å². The van der Waals surface area contributed by atoms with Gasteiger partial charge in [-0.25, -0.2) is 8.78 Å². The van der Waals surface area contributed by atoms with Crippen LogP contribution >= 0.6 is 0 Å². The van der Waals surface area contributed by atoms with Crippen LogP contribution in [-0.4, -0.2) is 29.9 Å². The highest BCUT2D eigenvalue weighted by atomic mass is 19.2. The Morgan fingerprint density at radius 3 is 2.80 bits per heavy atom. The van der Waals surface area contributed by atoms with E-state index >= 15 is 0 Å². The van der Waals surface area contributed by atoms with E-state index in [1.54, 1.807) is 4.90 Å². The van der Waals surface area contributed by atoms with E-state index < -0.39 is 11.6 Å². The molecular weight excluding hydrogens is 262 g/mol. The molecule has 110 valence electrons. The summed E-state index contributed by atoms with van der Waals surface area (Å²) in [7, 11) is 0. The minimum atomic E-state index is -0.919. The second-order valence-electron chi connectivity index (χ2n) is 5.43. The Kier molecular flexibility index (Phi) is 4.70. The number of piperidine rings is 1. The fourth-order valence-electron chi connectivity index (χ4n) is 2.84. The molecule has 0 aromatic heterocycles. The number of nitrogens with zero attached hydrogens (tertiary/aromatic N) is 1. The molecule has 2 N–H and O–H groups in total. The average molecular weight is 282 g/mol. The van der Waals surface area contributed by atoms with Crippen molar-refractivity contribution in [3.63, 3.8) is 0 Å². The summed E-state index contributed by atoms with van der Waals surface area (Å²) in [6.07, 6.45) is 2.11. The highest BCUT2D eigenvalue weighted by molar-refractivity contribution is 5.79. The van der Waals surface area contributed by atoms with E-state index in [9.17, 15) is 13.6 Å². The van der Waals surface area contributed by atoms with Crippen LogP contribution in [0.2, 0.25) is 0 Å². The zero-order chi connectivity index (χ0) is 14.7. The maximum absolute atomic E-state index is 13.2. The van der Waals surface area contributed by atoms with Gasteiger partial charge in [-0.3, -0.25) is 4.79 Å². The molecule has 0 spiro atoms. The summed E-state index contributed by atoms with van der Waals surface area (Å²) in [5, 5.41) is 0. The lowest BCUT2D eigenvalue weighted by Gasteiger charge is -2.39. The molecule has 1 fully saturated rings. The zero-order valence-electron chi connectivity index (χ0n) is 11.6. The quantitative estimate of drug-likeness (QED) is 0.922. The van der Waals surface area contributed by atoms with Crippen molar-refractivity contribution in [2.24, 2.45) is 11.7 Å². The van der Waals surface area contributed by atoms with Crippen molar-refractivity contribution in [1.29, 1.82) is 0 Å². The molecule has 0 aliphatic carbocycles. The Hall–Kier alpha value is -1.49. The first-order valence-corrected chi connectivity index (χ1v) is 6.96. The van der Waals surface area contributed by atoms with Crippen LogP contribution in [0.3, 0.4) is 0 Å². The van der Waals surface area contributed by atoms with Gasteiger partial charge < -0.3 is 10.6 Å². The number of hydrogen-bond acceptors (Lipinski definition) is 2. The second-order valence-corrected chi connectivity index (χ2v) is 5.43. The van der Waals surface area contributed by atoms with E-state index in [0.29, 0.717) is 24.6 Å². The molecule has 20 heavy (non-hydrogen) atoms. The van der Waals surface area contributed by atoms with Crippen LogP contribution in [0.25, 0.3) is 0 Å². The minimum absolute atomic E-state index is 0.0431. The molecular formula is C15H20F2N2O. The first-order chi connectivity index (χ1) is 9.52. The largest absolute Gasteiger partial charge is 0.338 e. The topological polar surface area (TPSA) is 46.3 Å². The normalized spacial score (nSPS) is 22.9. The van der Waals surface area contributed by atoms with Crippen LogP contribution in [0.15, 0.2) is 18.2 Å². The molecule has 1 heterocycles. The highest BCUT2D eigenvalue weighted by Crippen LogP contribution is 2.23. The molecule has 0 saturated carbocycles. The molecule has 1 aliphatic rings. The molecule has 1 aliphatic heterocycles. The first kappa shape index (κ1) is 14.9. The van der Waals surface area contributed by atoms with Gasteiger partial charge in [0.15, 0.2) is 11.6 Å². The van der Waals surface area contributed by atoms with Crippen molar-refractivity contribution < 1.29 is 13.6 Å². The maximum atomic E-state index is 13.2. The minimum Gasteiger partial charge on any atom is -0.338 e. The molecule has 1 saturated heterocycles. The van der Waals surface area contributed by atoms with Gasteiger partial charge in [0.25, 0.3) is 0 Å². The summed E-state index contributed by atoms with van der Waals surface area (Å²) in [6, 6.07) is 3.62.